The first kappa shape index (κ1) is 22.5. The lowest BCUT2D eigenvalue weighted by Gasteiger charge is -2.14. The first-order chi connectivity index (χ1) is 17.0. The maximum absolute atomic E-state index is 13.5. The molecule has 5 rings (SSSR count). The lowest BCUT2D eigenvalue weighted by Crippen LogP contribution is -2.33. The maximum atomic E-state index is 13.5. The van der Waals surface area contributed by atoms with E-state index in [1.807, 2.05) is 56.4 Å². The van der Waals surface area contributed by atoms with Gasteiger partial charge in [-0.2, -0.15) is 0 Å². The zero-order valence-corrected chi connectivity index (χ0v) is 19.6. The first-order valence-corrected chi connectivity index (χ1v) is 11.6. The quantitative estimate of drug-likeness (QED) is 0.353. The van der Waals surface area contributed by atoms with Gasteiger partial charge < -0.3 is 9.88 Å². The van der Waals surface area contributed by atoms with Crippen LogP contribution in [0.1, 0.15) is 29.4 Å². The molecule has 0 unspecified atom stereocenters. The van der Waals surface area contributed by atoms with Gasteiger partial charge in [-0.25, -0.2) is 9.07 Å². The Labute approximate surface area is 203 Å². The van der Waals surface area contributed by atoms with E-state index in [-0.39, 0.29) is 23.5 Å². The fraction of sp³-hybridized carbons (Fsp3) is 0.179. The molecule has 0 radical (unpaired) electrons. The third-order valence-electron chi connectivity index (χ3n) is 6.21. The number of para-hydroxylation sites is 1. The summed E-state index contributed by atoms with van der Waals surface area (Å²) in [5.74, 6) is -0.629. The number of benzene rings is 3. The van der Waals surface area contributed by atoms with E-state index in [0.717, 1.165) is 18.4 Å². The van der Waals surface area contributed by atoms with E-state index in [0.29, 0.717) is 11.4 Å². The Balaban J connectivity index is 1.37. The van der Waals surface area contributed by atoms with Crippen LogP contribution in [-0.4, -0.2) is 31.5 Å². The van der Waals surface area contributed by atoms with Gasteiger partial charge in [0.2, 0.25) is 0 Å². The van der Waals surface area contributed by atoms with Crippen molar-refractivity contribution in [3.63, 3.8) is 0 Å². The number of aromatic nitrogens is 4. The van der Waals surface area contributed by atoms with Crippen molar-refractivity contribution in [1.82, 2.24) is 24.9 Å². The molecule has 0 aliphatic heterocycles. The molecule has 0 spiro atoms. The average Bonchev–Trinajstić information content (AvgIpc) is 3.46. The van der Waals surface area contributed by atoms with Crippen LogP contribution in [-0.2, 0) is 13.5 Å². The van der Waals surface area contributed by atoms with Gasteiger partial charge in [-0.05, 0) is 55.7 Å². The summed E-state index contributed by atoms with van der Waals surface area (Å²) in [6.07, 6.45) is 3.78. The molecule has 0 bridgehead atoms. The third kappa shape index (κ3) is 4.57. The van der Waals surface area contributed by atoms with Gasteiger partial charge in [0, 0.05) is 35.8 Å². The number of nitrogens with zero attached hydrogens (tertiary/aromatic N) is 4. The Morgan fingerprint density at radius 3 is 2.49 bits per heavy atom. The lowest BCUT2D eigenvalue weighted by atomic mass is 10.0. The largest absolute Gasteiger partial charge is 0.350 e. The smallest absolute Gasteiger partial charge is 0.274 e. The van der Waals surface area contributed by atoms with Crippen LogP contribution in [0.2, 0.25) is 0 Å². The minimum absolute atomic E-state index is 0.0685. The van der Waals surface area contributed by atoms with Crippen LogP contribution in [0.3, 0.4) is 0 Å². The predicted octanol–water partition coefficient (Wildman–Crippen LogP) is 5.32. The highest BCUT2D eigenvalue weighted by atomic mass is 19.1. The van der Waals surface area contributed by atoms with E-state index < -0.39 is 0 Å². The zero-order chi connectivity index (χ0) is 24.4. The summed E-state index contributed by atoms with van der Waals surface area (Å²) >= 11 is 0. The van der Waals surface area contributed by atoms with E-state index in [9.17, 15) is 9.18 Å². The molecule has 1 amide bonds. The Hall–Kier alpha value is -4.26. The van der Waals surface area contributed by atoms with Gasteiger partial charge in [-0.1, -0.05) is 53.7 Å². The van der Waals surface area contributed by atoms with Gasteiger partial charge in [0.15, 0.2) is 5.69 Å². The monoisotopic (exact) mass is 467 g/mol. The van der Waals surface area contributed by atoms with Crippen molar-refractivity contribution in [3.05, 3.63) is 102 Å². The van der Waals surface area contributed by atoms with E-state index in [4.69, 9.17) is 0 Å². The molecular formula is C28H26FN5O. The van der Waals surface area contributed by atoms with Crippen molar-refractivity contribution in [1.29, 1.82) is 0 Å². The number of carbonyl (C=O) groups excluding carboxylic acids is 1. The molecule has 35 heavy (non-hydrogen) atoms. The van der Waals surface area contributed by atoms with E-state index >= 15 is 0 Å². The van der Waals surface area contributed by atoms with Crippen molar-refractivity contribution in [2.75, 3.05) is 0 Å². The minimum atomic E-state index is -0.340. The first-order valence-electron chi connectivity index (χ1n) is 11.6. The molecule has 1 atom stereocenters. The number of nitrogens with one attached hydrogen (secondary N) is 1. The van der Waals surface area contributed by atoms with Crippen molar-refractivity contribution >= 4 is 16.8 Å². The van der Waals surface area contributed by atoms with Gasteiger partial charge in [0.1, 0.15) is 11.5 Å². The molecule has 1 N–H and O–H groups in total. The van der Waals surface area contributed by atoms with Crippen LogP contribution in [0.15, 0.2) is 85.1 Å². The molecule has 176 valence electrons. The Kier molecular flexibility index (Phi) is 6.14. The van der Waals surface area contributed by atoms with Crippen molar-refractivity contribution in [2.45, 2.75) is 25.8 Å². The number of halogens is 1. The van der Waals surface area contributed by atoms with Crippen LogP contribution in [0.4, 0.5) is 4.39 Å². The molecule has 0 aliphatic carbocycles. The van der Waals surface area contributed by atoms with Gasteiger partial charge in [-0.3, -0.25) is 4.79 Å². The van der Waals surface area contributed by atoms with Gasteiger partial charge >= 0.3 is 0 Å². The Morgan fingerprint density at radius 1 is 1.00 bits per heavy atom. The summed E-state index contributed by atoms with van der Waals surface area (Å²) in [6.45, 7) is 2.00. The van der Waals surface area contributed by atoms with Crippen LogP contribution in [0, 0.1) is 5.82 Å². The fourth-order valence-corrected chi connectivity index (χ4v) is 4.41. The zero-order valence-electron chi connectivity index (χ0n) is 19.6. The fourth-order valence-electron chi connectivity index (χ4n) is 4.41. The van der Waals surface area contributed by atoms with Crippen molar-refractivity contribution in [3.8, 4) is 16.9 Å². The summed E-state index contributed by atoms with van der Waals surface area (Å²) in [4.78, 5) is 13.3. The number of fused-ring (bicyclic) bond motifs is 1. The van der Waals surface area contributed by atoms with E-state index in [1.54, 1.807) is 16.8 Å². The van der Waals surface area contributed by atoms with Crippen LogP contribution in [0.25, 0.3) is 27.8 Å². The second kappa shape index (κ2) is 9.54. The minimum Gasteiger partial charge on any atom is -0.350 e. The van der Waals surface area contributed by atoms with Crippen molar-refractivity contribution in [2.24, 2.45) is 7.05 Å². The molecule has 0 aliphatic rings. The number of carbonyl (C=O) groups is 1. The highest BCUT2D eigenvalue weighted by molar-refractivity contribution is 5.98. The molecule has 0 fully saturated rings. The third-order valence-corrected chi connectivity index (χ3v) is 6.21. The Bertz CT molecular complexity index is 1470. The summed E-state index contributed by atoms with van der Waals surface area (Å²) in [5, 5.41) is 12.8. The van der Waals surface area contributed by atoms with Crippen LogP contribution >= 0.6 is 0 Å². The van der Waals surface area contributed by atoms with Crippen LogP contribution in [0.5, 0.6) is 0 Å². The number of amides is 1. The predicted molar refractivity (Wildman–Crippen MR) is 135 cm³/mol. The highest BCUT2D eigenvalue weighted by Crippen LogP contribution is 2.26. The van der Waals surface area contributed by atoms with Gasteiger partial charge in [0.25, 0.3) is 5.91 Å². The van der Waals surface area contributed by atoms with Crippen molar-refractivity contribution < 1.29 is 9.18 Å². The summed E-state index contributed by atoms with van der Waals surface area (Å²) in [6, 6.07) is 23.7. The average molecular weight is 468 g/mol. The molecule has 3 aromatic carbocycles. The number of rotatable bonds is 7. The molecule has 2 aromatic heterocycles. The molecule has 5 aromatic rings. The summed E-state index contributed by atoms with van der Waals surface area (Å²) in [7, 11) is 2.05. The highest BCUT2D eigenvalue weighted by Gasteiger charge is 2.23. The van der Waals surface area contributed by atoms with Gasteiger partial charge in [0.05, 0.1) is 5.69 Å². The normalized spacial score (nSPS) is 12.1. The summed E-state index contributed by atoms with van der Waals surface area (Å²) < 4.78 is 17.2. The van der Waals surface area contributed by atoms with E-state index in [1.165, 1.54) is 28.6 Å². The van der Waals surface area contributed by atoms with E-state index in [2.05, 4.69) is 38.5 Å². The number of aryl methyl sites for hydroxylation is 2. The second-order valence-corrected chi connectivity index (χ2v) is 8.74. The maximum Gasteiger partial charge on any atom is 0.274 e. The second-order valence-electron chi connectivity index (χ2n) is 8.74. The summed E-state index contributed by atoms with van der Waals surface area (Å²) in [5.41, 5.74) is 4.69. The standard InChI is InChI=1S/C28H26FN5O/c1-19(12-13-21-18-33(2)25-11-7-6-10-24(21)25)30-28(35)26-27(20-8-4-3-5-9-20)34(32-31-26)23-16-14-22(29)15-17-23/h3-11,14-19H,12-13H2,1-2H3,(H,30,35)/t19-/m0/s1. The molecule has 2 heterocycles. The molecule has 0 saturated heterocycles. The Morgan fingerprint density at radius 2 is 1.71 bits per heavy atom. The topological polar surface area (TPSA) is 64.7 Å². The number of hydrogen-bond acceptors (Lipinski definition) is 3. The van der Waals surface area contributed by atoms with Crippen LogP contribution < -0.4 is 5.32 Å². The SMILES string of the molecule is C[C@@H](CCc1cn(C)c2ccccc12)NC(=O)c1nnn(-c2ccc(F)cc2)c1-c1ccccc1. The van der Waals surface area contributed by atoms with Gasteiger partial charge in [-0.15, -0.1) is 5.10 Å². The lowest BCUT2D eigenvalue weighted by molar-refractivity contribution is 0.0934. The molecule has 6 nitrogen and oxygen atoms in total. The number of hydrogen-bond donors (Lipinski definition) is 1. The molecule has 0 saturated carbocycles. The molecule has 7 heteroatoms. The molecular weight excluding hydrogens is 441 g/mol.